The Morgan fingerprint density at radius 2 is 2.02 bits per heavy atom. The maximum Gasteiger partial charge on any atom is 0.319 e. The van der Waals surface area contributed by atoms with E-state index < -0.39 is 35.6 Å². The highest BCUT2D eigenvalue weighted by atomic mass is 19.1. The van der Waals surface area contributed by atoms with Crippen LogP contribution in [0.1, 0.15) is 37.7 Å². The third-order valence-corrected chi connectivity index (χ3v) is 8.84. The predicted octanol–water partition coefficient (Wildman–Crippen LogP) is 5.68. The first-order valence-electron chi connectivity index (χ1n) is 13.9. The number of nitrogens with one attached hydrogen (secondary N) is 1. The van der Waals surface area contributed by atoms with E-state index in [9.17, 15) is 18.3 Å². The molecule has 2 aromatic heterocycles. The van der Waals surface area contributed by atoms with Gasteiger partial charge in [0.25, 0.3) is 0 Å². The van der Waals surface area contributed by atoms with E-state index in [1.54, 1.807) is 0 Å². The summed E-state index contributed by atoms with van der Waals surface area (Å²) in [5.41, 5.74) is -1.70. The number of phenolic OH excluding ortho intramolecular Hbond substituents is 1. The molecule has 2 N–H and O–H groups in total. The van der Waals surface area contributed by atoms with Gasteiger partial charge >= 0.3 is 6.01 Å². The van der Waals surface area contributed by atoms with E-state index in [4.69, 9.17) is 11.2 Å². The molecule has 2 aliphatic heterocycles. The lowest BCUT2D eigenvalue weighted by Gasteiger charge is -2.30. The van der Waals surface area contributed by atoms with Crippen LogP contribution in [0.2, 0.25) is 0 Å². The molecular formula is C31H27F4N5O2. The van der Waals surface area contributed by atoms with E-state index in [1.807, 2.05) is 0 Å². The van der Waals surface area contributed by atoms with Gasteiger partial charge in [0, 0.05) is 30.1 Å². The van der Waals surface area contributed by atoms with Crippen LogP contribution in [0.3, 0.4) is 0 Å². The summed E-state index contributed by atoms with van der Waals surface area (Å²) in [7, 11) is 0. The van der Waals surface area contributed by atoms with Gasteiger partial charge in [0.05, 0.1) is 22.0 Å². The first-order valence-corrected chi connectivity index (χ1v) is 13.9. The number of halogens is 4. The molecular weight excluding hydrogens is 550 g/mol. The van der Waals surface area contributed by atoms with Crippen LogP contribution < -0.4 is 10.1 Å². The van der Waals surface area contributed by atoms with E-state index in [-0.39, 0.29) is 57.3 Å². The third kappa shape index (κ3) is 4.28. The SMILES string of the molecule is C#Cc1c(F)ccc2cc(O)cc(-c3ncc4c(NC5(CF)CC5)nc(OC[C@@]56CCCN5C[C@H](F)C6)nc4c3F)c12. The number of ether oxygens (including phenoxy) is 1. The molecule has 0 radical (unpaired) electrons. The fourth-order valence-electron chi connectivity index (χ4n) is 6.48. The predicted molar refractivity (Wildman–Crippen MR) is 150 cm³/mol. The lowest BCUT2D eigenvalue weighted by atomic mass is 9.95. The molecule has 0 spiro atoms. The maximum absolute atomic E-state index is 16.5. The second-order valence-corrected chi connectivity index (χ2v) is 11.6. The molecule has 4 heterocycles. The minimum absolute atomic E-state index is 0.0790. The molecule has 1 aliphatic carbocycles. The summed E-state index contributed by atoms with van der Waals surface area (Å²) in [6.07, 6.45) is 9.16. The minimum atomic E-state index is -0.955. The minimum Gasteiger partial charge on any atom is -0.508 e. The van der Waals surface area contributed by atoms with Crippen LogP contribution in [0.25, 0.3) is 32.9 Å². The van der Waals surface area contributed by atoms with E-state index in [0.717, 1.165) is 19.4 Å². The first-order chi connectivity index (χ1) is 20.2. The molecule has 1 saturated carbocycles. The van der Waals surface area contributed by atoms with Crippen molar-refractivity contribution in [3.63, 3.8) is 0 Å². The molecule has 4 aromatic rings. The van der Waals surface area contributed by atoms with Gasteiger partial charge in [0.1, 0.15) is 48.0 Å². The molecule has 3 aliphatic rings. The smallest absolute Gasteiger partial charge is 0.319 e. The summed E-state index contributed by atoms with van der Waals surface area (Å²) in [6, 6.07) is 5.14. The maximum atomic E-state index is 16.5. The number of rotatable bonds is 7. The Morgan fingerprint density at radius 3 is 2.79 bits per heavy atom. The summed E-state index contributed by atoms with van der Waals surface area (Å²) in [4.78, 5) is 15.2. The van der Waals surface area contributed by atoms with E-state index in [2.05, 4.69) is 31.1 Å². The van der Waals surface area contributed by atoms with Crippen molar-refractivity contribution in [1.29, 1.82) is 0 Å². The highest BCUT2D eigenvalue weighted by molar-refractivity contribution is 6.03. The number of fused-ring (bicyclic) bond motifs is 3. The van der Waals surface area contributed by atoms with Gasteiger partial charge in [-0.15, -0.1) is 6.42 Å². The van der Waals surface area contributed by atoms with Crippen molar-refractivity contribution in [2.24, 2.45) is 0 Å². The quantitative estimate of drug-likeness (QED) is 0.216. The molecule has 2 saturated heterocycles. The monoisotopic (exact) mass is 577 g/mol. The van der Waals surface area contributed by atoms with Gasteiger partial charge in [0.15, 0.2) is 5.82 Å². The summed E-state index contributed by atoms with van der Waals surface area (Å²) >= 11 is 0. The number of hydrogen-bond acceptors (Lipinski definition) is 7. The molecule has 0 bridgehead atoms. The molecule has 7 nitrogen and oxygen atoms in total. The number of terminal acetylenes is 1. The van der Waals surface area contributed by atoms with Gasteiger partial charge < -0.3 is 15.2 Å². The van der Waals surface area contributed by atoms with Crippen LogP contribution in [0.4, 0.5) is 23.4 Å². The van der Waals surface area contributed by atoms with Gasteiger partial charge in [-0.25, -0.2) is 17.6 Å². The zero-order valence-electron chi connectivity index (χ0n) is 22.6. The van der Waals surface area contributed by atoms with Crippen LogP contribution in [-0.4, -0.2) is 68.6 Å². The lowest BCUT2D eigenvalue weighted by Crippen LogP contribution is -2.43. The average Bonchev–Trinajstić information content (AvgIpc) is 3.53. The number of hydrogen-bond donors (Lipinski definition) is 2. The fraction of sp³-hybridized carbons (Fsp3) is 0.387. The van der Waals surface area contributed by atoms with Crippen molar-refractivity contribution in [2.45, 2.75) is 49.4 Å². The number of aromatic nitrogens is 3. The molecule has 216 valence electrons. The van der Waals surface area contributed by atoms with Gasteiger partial charge in [-0.1, -0.05) is 12.0 Å². The zero-order valence-corrected chi connectivity index (χ0v) is 22.6. The number of benzene rings is 2. The summed E-state index contributed by atoms with van der Waals surface area (Å²) in [5, 5.41) is 14.3. The molecule has 2 aromatic carbocycles. The fourth-order valence-corrected chi connectivity index (χ4v) is 6.48. The molecule has 11 heteroatoms. The molecule has 7 rings (SSSR count). The van der Waals surface area contributed by atoms with Crippen LogP contribution in [-0.2, 0) is 0 Å². The molecule has 42 heavy (non-hydrogen) atoms. The Morgan fingerprint density at radius 1 is 1.19 bits per heavy atom. The van der Waals surface area contributed by atoms with Crippen LogP contribution in [0.5, 0.6) is 11.8 Å². The summed E-state index contributed by atoms with van der Waals surface area (Å²) < 4.78 is 65.4. The van der Waals surface area contributed by atoms with Gasteiger partial charge in [-0.05, 0) is 55.8 Å². The van der Waals surface area contributed by atoms with Crippen molar-refractivity contribution in [3.8, 4) is 35.4 Å². The van der Waals surface area contributed by atoms with Crippen molar-refractivity contribution in [3.05, 3.63) is 47.7 Å². The van der Waals surface area contributed by atoms with Crippen molar-refractivity contribution >= 4 is 27.5 Å². The third-order valence-electron chi connectivity index (χ3n) is 8.84. The highest BCUT2D eigenvalue weighted by Crippen LogP contribution is 2.43. The van der Waals surface area contributed by atoms with Crippen molar-refractivity contribution in [2.75, 3.05) is 31.7 Å². The lowest BCUT2D eigenvalue weighted by molar-refractivity contribution is 0.107. The van der Waals surface area contributed by atoms with Crippen molar-refractivity contribution in [1.82, 2.24) is 19.9 Å². The number of pyridine rings is 1. The number of anilines is 1. The standard InChI is InChI=1S/C31H27F4N5O2/c1-2-20-23(34)5-4-17-10-19(41)11-21(24(17)20)26-25(35)27-22(13-36-26)28(39-30(15-32)7-8-30)38-29(37-27)42-16-31-6-3-9-40(31)14-18(33)12-31/h1,4-5,10-11,13,18,41H,3,6-9,12,14-16H2,(H,37,38,39)/t18-,31+/m1/s1. The van der Waals surface area contributed by atoms with E-state index in [0.29, 0.717) is 31.2 Å². The second kappa shape index (κ2) is 9.70. The van der Waals surface area contributed by atoms with Gasteiger partial charge in [-0.2, -0.15) is 9.97 Å². The Balaban J connectivity index is 1.37. The Labute approximate surface area is 238 Å². The van der Waals surface area contributed by atoms with Gasteiger partial charge in [-0.3, -0.25) is 9.88 Å². The molecule has 2 atom stereocenters. The van der Waals surface area contributed by atoms with Crippen LogP contribution in [0, 0.1) is 24.0 Å². The van der Waals surface area contributed by atoms with Gasteiger partial charge in [0.2, 0.25) is 0 Å². The van der Waals surface area contributed by atoms with Crippen LogP contribution >= 0.6 is 0 Å². The summed E-state index contributed by atoms with van der Waals surface area (Å²) in [6.45, 7) is 0.591. The number of phenols is 1. The Hall–Kier alpha value is -4.17. The zero-order chi connectivity index (χ0) is 29.2. The Kier molecular flexibility index (Phi) is 6.17. The normalized spacial score (nSPS) is 22.8. The first kappa shape index (κ1) is 26.7. The van der Waals surface area contributed by atoms with E-state index in [1.165, 1.54) is 30.5 Å². The number of nitrogens with zero attached hydrogens (tertiary/aromatic N) is 4. The molecule has 0 unspecified atom stereocenters. The highest BCUT2D eigenvalue weighted by Gasteiger charge is 2.49. The average molecular weight is 578 g/mol. The van der Waals surface area contributed by atoms with E-state index >= 15 is 4.39 Å². The topological polar surface area (TPSA) is 83.4 Å². The largest absolute Gasteiger partial charge is 0.508 e. The number of alkyl halides is 2. The van der Waals surface area contributed by atoms with Crippen molar-refractivity contribution < 1.29 is 27.4 Å². The molecule has 3 fully saturated rings. The van der Waals surface area contributed by atoms with Crippen LogP contribution in [0.15, 0.2) is 30.5 Å². The second-order valence-electron chi connectivity index (χ2n) is 11.6. The number of aromatic hydroxyl groups is 1. The molecule has 0 amide bonds. The Bertz CT molecular complexity index is 1790. The summed E-state index contributed by atoms with van der Waals surface area (Å²) in [5.74, 6) is 0.737.